The zero-order chi connectivity index (χ0) is 22.9. The average Bonchev–Trinajstić information content (AvgIpc) is 3.30. The second-order valence-electron chi connectivity index (χ2n) is 7.02. The highest BCUT2D eigenvalue weighted by Crippen LogP contribution is 2.31. The first-order valence-electron chi connectivity index (χ1n) is 10.5. The Labute approximate surface area is 188 Å². The van der Waals surface area contributed by atoms with Crippen LogP contribution in [0, 0.1) is 10.1 Å². The van der Waals surface area contributed by atoms with Crippen LogP contribution >= 0.6 is 0 Å². The highest BCUT2D eigenvalue weighted by molar-refractivity contribution is 5.93. The lowest BCUT2D eigenvalue weighted by molar-refractivity contribution is -0.383. The molecule has 0 spiro atoms. The van der Waals surface area contributed by atoms with Gasteiger partial charge >= 0.3 is 5.69 Å². The fourth-order valence-electron chi connectivity index (χ4n) is 3.20. The summed E-state index contributed by atoms with van der Waals surface area (Å²) in [6.07, 6.45) is 0. The van der Waals surface area contributed by atoms with E-state index in [1.165, 1.54) is 6.07 Å². The molecular weight excluding hydrogens is 436 g/mol. The first-order chi connectivity index (χ1) is 16.2. The Morgan fingerprint density at radius 3 is 2.15 bits per heavy atom. The maximum atomic E-state index is 11.2. The molecule has 2 heterocycles. The molecule has 4 rings (SSSR count). The molecule has 1 aliphatic heterocycles. The van der Waals surface area contributed by atoms with E-state index in [1.54, 1.807) is 6.07 Å². The average molecular weight is 460 g/mol. The number of rotatable bonds is 4. The number of nitro benzene ring substituents is 1. The summed E-state index contributed by atoms with van der Waals surface area (Å²) in [6.45, 7) is 3.99. The van der Waals surface area contributed by atoms with Crippen molar-refractivity contribution in [2.75, 3.05) is 58.2 Å². The molecule has 176 valence electrons. The maximum Gasteiger partial charge on any atom is 0.300 e. The summed E-state index contributed by atoms with van der Waals surface area (Å²) in [7, 11) is 0. The standard InChI is InChI=1S/C21H24N4O8/c26-25(27)17-3-2-16(20-21(17)24-33-23-20)22-14-15-1-4-18-19(13-15)32-12-10-30-8-6-28-5-7-29-9-11-31-18/h1-4,13,22H,5-12,14H2. The number of nitro groups is 1. The summed E-state index contributed by atoms with van der Waals surface area (Å²) in [5, 5.41) is 21.8. The van der Waals surface area contributed by atoms with Crippen molar-refractivity contribution in [3.8, 4) is 11.5 Å². The van der Waals surface area contributed by atoms with E-state index < -0.39 is 4.92 Å². The van der Waals surface area contributed by atoms with Gasteiger partial charge in [0.2, 0.25) is 5.52 Å². The highest BCUT2D eigenvalue weighted by Gasteiger charge is 2.19. The number of hydrogen-bond acceptors (Lipinski definition) is 11. The Bertz CT molecular complexity index is 1070. The topological polar surface area (TPSA) is 140 Å². The number of nitrogens with one attached hydrogen (secondary N) is 1. The van der Waals surface area contributed by atoms with Crippen molar-refractivity contribution in [1.29, 1.82) is 0 Å². The molecule has 12 heteroatoms. The molecule has 0 bridgehead atoms. The van der Waals surface area contributed by atoms with Crippen LogP contribution in [0.5, 0.6) is 11.5 Å². The largest absolute Gasteiger partial charge is 0.487 e. The summed E-state index contributed by atoms with van der Waals surface area (Å²) >= 11 is 0. The number of nitrogens with zero attached hydrogens (tertiary/aromatic N) is 3. The van der Waals surface area contributed by atoms with Gasteiger partial charge in [-0.3, -0.25) is 10.1 Å². The number of hydrogen-bond donors (Lipinski definition) is 1. The molecule has 1 aromatic heterocycles. The summed E-state index contributed by atoms with van der Waals surface area (Å²) in [5.74, 6) is 1.19. The molecule has 0 fully saturated rings. The third kappa shape index (κ3) is 6.06. The predicted molar refractivity (Wildman–Crippen MR) is 116 cm³/mol. The second kappa shape index (κ2) is 11.4. The van der Waals surface area contributed by atoms with Gasteiger partial charge in [0.15, 0.2) is 17.0 Å². The van der Waals surface area contributed by atoms with Crippen molar-refractivity contribution in [3.05, 3.63) is 46.0 Å². The Hall–Kier alpha value is -3.48. The van der Waals surface area contributed by atoms with E-state index in [9.17, 15) is 10.1 Å². The third-order valence-corrected chi connectivity index (χ3v) is 4.80. The van der Waals surface area contributed by atoms with E-state index in [4.69, 9.17) is 28.3 Å². The van der Waals surface area contributed by atoms with Crippen molar-refractivity contribution < 1.29 is 33.2 Å². The Kier molecular flexibility index (Phi) is 7.85. The van der Waals surface area contributed by atoms with E-state index >= 15 is 0 Å². The number of benzene rings is 2. The number of aromatic nitrogens is 2. The zero-order valence-corrected chi connectivity index (χ0v) is 17.9. The van der Waals surface area contributed by atoms with E-state index in [0.717, 1.165) is 5.56 Å². The molecule has 12 nitrogen and oxygen atoms in total. The monoisotopic (exact) mass is 460 g/mol. The maximum absolute atomic E-state index is 11.2. The Morgan fingerprint density at radius 1 is 0.818 bits per heavy atom. The van der Waals surface area contributed by atoms with E-state index in [0.29, 0.717) is 82.1 Å². The number of fused-ring (bicyclic) bond motifs is 2. The van der Waals surface area contributed by atoms with Crippen LogP contribution < -0.4 is 14.8 Å². The molecule has 1 aliphatic rings. The van der Waals surface area contributed by atoms with Gasteiger partial charge in [-0.15, -0.1) is 0 Å². The molecule has 0 saturated carbocycles. The highest BCUT2D eigenvalue weighted by atomic mass is 16.6. The second-order valence-corrected chi connectivity index (χ2v) is 7.02. The summed E-state index contributed by atoms with van der Waals surface area (Å²) < 4.78 is 32.8. The first kappa shape index (κ1) is 22.7. The SMILES string of the molecule is O=[N+]([O-])c1ccc(NCc2ccc3c(c2)OCCOCCOCCOCCO3)c2nonc12. The van der Waals surface area contributed by atoms with Crippen molar-refractivity contribution >= 4 is 22.4 Å². The first-order valence-corrected chi connectivity index (χ1v) is 10.5. The molecule has 0 radical (unpaired) electrons. The lowest BCUT2D eigenvalue weighted by atomic mass is 10.2. The van der Waals surface area contributed by atoms with E-state index in [2.05, 4.69) is 15.6 Å². The fourth-order valence-corrected chi connectivity index (χ4v) is 3.20. The van der Waals surface area contributed by atoms with Gasteiger partial charge in [0.05, 0.1) is 50.3 Å². The van der Waals surface area contributed by atoms with Crippen LogP contribution in [0.15, 0.2) is 35.0 Å². The van der Waals surface area contributed by atoms with Crippen LogP contribution in [0.2, 0.25) is 0 Å². The number of ether oxygens (including phenoxy) is 5. The van der Waals surface area contributed by atoms with Crippen molar-refractivity contribution in [2.45, 2.75) is 6.54 Å². The number of anilines is 1. The van der Waals surface area contributed by atoms with Gasteiger partial charge in [0, 0.05) is 12.6 Å². The van der Waals surface area contributed by atoms with Crippen LogP contribution in [0.1, 0.15) is 5.56 Å². The minimum absolute atomic E-state index is 0.0920. The molecule has 0 amide bonds. The van der Waals surface area contributed by atoms with Gasteiger partial charge < -0.3 is 29.0 Å². The molecule has 33 heavy (non-hydrogen) atoms. The lowest BCUT2D eigenvalue weighted by Crippen LogP contribution is -2.13. The summed E-state index contributed by atoms with van der Waals surface area (Å²) in [4.78, 5) is 10.6. The van der Waals surface area contributed by atoms with Crippen LogP contribution in [0.3, 0.4) is 0 Å². The Balaban J connectivity index is 1.45. The van der Waals surface area contributed by atoms with Crippen molar-refractivity contribution in [3.63, 3.8) is 0 Å². The van der Waals surface area contributed by atoms with Crippen LogP contribution in [-0.4, -0.2) is 68.1 Å². The van der Waals surface area contributed by atoms with Gasteiger partial charge in [-0.1, -0.05) is 6.07 Å². The van der Waals surface area contributed by atoms with E-state index in [-0.39, 0.29) is 11.2 Å². The lowest BCUT2D eigenvalue weighted by Gasteiger charge is -2.15. The smallest absolute Gasteiger partial charge is 0.300 e. The number of non-ortho nitro benzene ring substituents is 1. The summed E-state index contributed by atoms with van der Waals surface area (Å²) in [5.41, 5.74) is 1.69. The summed E-state index contributed by atoms with van der Waals surface area (Å²) in [6, 6.07) is 8.54. The molecular formula is C21H24N4O8. The van der Waals surface area contributed by atoms with Crippen molar-refractivity contribution in [2.24, 2.45) is 0 Å². The van der Waals surface area contributed by atoms with Gasteiger partial charge in [0.1, 0.15) is 13.2 Å². The van der Waals surface area contributed by atoms with Crippen LogP contribution in [-0.2, 0) is 20.8 Å². The molecule has 0 saturated heterocycles. The normalized spacial score (nSPS) is 16.0. The third-order valence-electron chi connectivity index (χ3n) is 4.80. The van der Waals surface area contributed by atoms with Crippen LogP contribution in [0.4, 0.5) is 11.4 Å². The van der Waals surface area contributed by atoms with Gasteiger partial charge in [-0.2, -0.15) is 0 Å². The molecule has 0 unspecified atom stereocenters. The minimum atomic E-state index is -0.523. The quantitative estimate of drug-likeness (QED) is 0.454. The van der Waals surface area contributed by atoms with Gasteiger partial charge in [-0.05, 0) is 34.1 Å². The van der Waals surface area contributed by atoms with Gasteiger partial charge in [-0.25, -0.2) is 4.63 Å². The predicted octanol–water partition coefficient (Wildman–Crippen LogP) is 2.56. The fraction of sp³-hybridized carbons (Fsp3) is 0.429. The van der Waals surface area contributed by atoms with E-state index in [1.807, 2.05) is 18.2 Å². The molecule has 1 N–H and O–H groups in total. The zero-order valence-electron chi connectivity index (χ0n) is 17.9. The van der Waals surface area contributed by atoms with Crippen molar-refractivity contribution in [1.82, 2.24) is 10.3 Å². The molecule has 0 aliphatic carbocycles. The molecule has 3 aromatic rings. The molecule has 0 atom stereocenters. The van der Waals surface area contributed by atoms with Crippen LogP contribution in [0.25, 0.3) is 11.0 Å². The van der Waals surface area contributed by atoms with Gasteiger partial charge in [0.25, 0.3) is 0 Å². The minimum Gasteiger partial charge on any atom is -0.487 e. The Morgan fingerprint density at radius 2 is 1.45 bits per heavy atom. The molecule has 2 aromatic carbocycles.